The van der Waals surface area contributed by atoms with Crippen molar-refractivity contribution in [3.63, 3.8) is 0 Å². The number of nitrogens with two attached hydrogens (primary N) is 1. The molecular weight excluding hydrogens is 296 g/mol. The number of aliphatic imine (C=N–C) groups is 1. The molecule has 0 amide bonds. The van der Waals surface area contributed by atoms with Crippen LogP contribution in [0.4, 0.5) is 5.13 Å². The van der Waals surface area contributed by atoms with E-state index in [1.165, 1.54) is 11.3 Å². The van der Waals surface area contributed by atoms with E-state index in [4.69, 9.17) is 11.0 Å². The molecule has 0 aliphatic rings. The van der Waals surface area contributed by atoms with E-state index in [1.807, 2.05) is 5.38 Å². The molecule has 20 heavy (non-hydrogen) atoms. The minimum absolute atomic E-state index is 0.374. The van der Waals surface area contributed by atoms with E-state index in [2.05, 4.69) is 26.3 Å². The number of hydrogen-bond acceptors (Lipinski definition) is 9. The Morgan fingerprint density at radius 3 is 3.00 bits per heavy atom. The number of aromatic nitrogens is 1. The summed E-state index contributed by atoms with van der Waals surface area (Å²) >= 11 is 3.24. The first-order valence-electron chi connectivity index (χ1n) is 5.84. The topological polar surface area (TPSA) is 114 Å². The SMILES string of the molecule is CNN(NC)Nc1nc(CSCCC(N)=NC#N)cs1. The van der Waals surface area contributed by atoms with Crippen LogP contribution in [0.25, 0.3) is 0 Å². The Morgan fingerprint density at radius 1 is 1.60 bits per heavy atom. The van der Waals surface area contributed by atoms with Gasteiger partial charge in [-0.25, -0.2) is 15.8 Å². The maximum atomic E-state index is 8.33. The fourth-order valence-electron chi connectivity index (χ4n) is 1.22. The summed E-state index contributed by atoms with van der Waals surface area (Å²) in [6.07, 6.45) is 2.29. The molecule has 0 spiro atoms. The number of thiazole rings is 1. The Bertz CT molecular complexity index is 462. The Labute approximate surface area is 126 Å². The molecule has 0 aliphatic heterocycles. The van der Waals surface area contributed by atoms with Gasteiger partial charge in [-0.1, -0.05) is 5.23 Å². The van der Waals surface area contributed by atoms with Crippen LogP contribution in [0.1, 0.15) is 12.1 Å². The normalized spacial score (nSPS) is 11.6. The molecule has 0 aromatic carbocycles. The first kappa shape index (κ1) is 16.7. The van der Waals surface area contributed by atoms with Gasteiger partial charge in [-0.2, -0.15) is 22.0 Å². The highest BCUT2D eigenvalue weighted by Crippen LogP contribution is 2.19. The second-order valence-electron chi connectivity index (χ2n) is 3.54. The van der Waals surface area contributed by atoms with Crippen molar-refractivity contribution in [2.45, 2.75) is 12.2 Å². The quantitative estimate of drug-likeness (QED) is 0.171. The predicted molar refractivity (Wildman–Crippen MR) is 83.7 cm³/mol. The molecule has 0 atom stereocenters. The van der Waals surface area contributed by atoms with Crippen molar-refractivity contribution in [1.29, 1.82) is 5.26 Å². The highest BCUT2D eigenvalue weighted by molar-refractivity contribution is 7.98. The van der Waals surface area contributed by atoms with Crippen LogP contribution in [-0.4, -0.2) is 35.9 Å². The smallest absolute Gasteiger partial charge is 0.207 e. The van der Waals surface area contributed by atoms with Crippen molar-refractivity contribution < 1.29 is 0 Å². The molecule has 0 unspecified atom stereocenters. The van der Waals surface area contributed by atoms with Crippen LogP contribution in [0.3, 0.4) is 0 Å². The van der Waals surface area contributed by atoms with Gasteiger partial charge in [-0.15, -0.1) is 11.3 Å². The number of hydrogen-bond donors (Lipinski definition) is 4. The van der Waals surface area contributed by atoms with Gasteiger partial charge in [0.2, 0.25) is 6.19 Å². The highest BCUT2D eigenvalue weighted by atomic mass is 32.2. The summed E-state index contributed by atoms with van der Waals surface area (Å²) in [6, 6.07) is 0. The summed E-state index contributed by atoms with van der Waals surface area (Å²) < 4.78 is 0. The summed E-state index contributed by atoms with van der Waals surface area (Å²) in [5.74, 6) is 1.99. The van der Waals surface area contributed by atoms with Crippen molar-refractivity contribution >= 4 is 34.1 Å². The number of nitrogens with zero attached hydrogens (tertiary/aromatic N) is 4. The van der Waals surface area contributed by atoms with Gasteiger partial charge in [0.15, 0.2) is 5.13 Å². The third-order valence-corrected chi connectivity index (χ3v) is 3.94. The summed E-state index contributed by atoms with van der Waals surface area (Å²) in [4.78, 5) is 7.92. The molecular formula is C10H18N8S2. The maximum Gasteiger partial charge on any atom is 0.207 e. The van der Waals surface area contributed by atoms with Gasteiger partial charge in [-0.3, -0.25) is 5.43 Å². The van der Waals surface area contributed by atoms with Crippen LogP contribution < -0.4 is 22.0 Å². The molecule has 0 saturated heterocycles. The Hall–Kier alpha value is -1.38. The molecule has 1 aromatic rings. The molecule has 0 fully saturated rings. The fourth-order valence-corrected chi connectivity index (χ4v) is 2.88. The van der Waals surface area contributed by atoms with E-state index in [0.29, 0.717) is 12.3 Å². The second kappa shape index (κ2) is 9.51. The van der Waals surface area contributed by atoms with E-state index >= 15 is 0 Å². The van der Waals surface area contributed by atoms with Crippen LogP contribution in [0, 0.1) is 11.5 Å². The molecule has 5 N–H and O–H groups in total. The molecule has 10 heteroatoms. The Kier molecular flexibility index (Phi) is 7.93. The monoisotopic (exact) mass is 314 g/mol. The molecule has 1 heterocycles. The number of anilines is 1. The van der Waals surface area contributed by atoms with E-state index < -0.39 is 0 Å². The number of rotatable bonds is 9. The van der Waals surface area contributed by atoms with Gasteiger partial charge >= 0.3 is 0 Å². The molecule has 0 saturated carbocycles. The first-order chi connectivity index (χ1) is 9.69. The van der Waals surface area contributed by atoms with E-state index in [9.17, 15) is 0 Å². The predicted octanol–water partition coefficient (Wildman–Crippen LogP) is 0.502. The van der Waals surface area contributed by atoms with Crippen LogP contribution in [0.5, 0.6) is 0 Å². The van der Waals surface area contributed by atoms with E-state index in [1.54, 1.807) is 37.3 Å². The third-order valence-electron chi connectivity index (χ3n) is 2.15. The summed E-state index contributed by atoms with van der Waals surface area (Å²) in [5, 5.41) is 12.7. The zero-order chi connectivity index (χ0) is 14.8. The van der Waals surface area contributed by atoms with Gasteiger partial charge in [0, 0.05) is 37.4 Å². The fraction of sp³-hybridized carbons (Fsp3) is 0.500. The van der Waals surface area contributed by atoms with Crippen molar-refractivity contribution in [2.24, 2.45) is 10.7 Å². The lowest BCUT2D eigenvalue weighted by Gasteiger charge is -2.18. The average Bonchev–Trinajstić information content (AvgIpc) is 2.89. The summed E-state index contributed by atoms with van der Waals surface area (Å²) in [7, 11) is 3.59. The van der Waals surface area contributed by atoms with E-state index in [-0.39, 0.29) is 0 Å². The largest absolute Gasteiger partial charge is 0.386 e. The molecule has 0 radical (unpaired) electrons. The Balaban J connectivity index is 2.30. The van der Waals surface area contributed by atoms with Gasteiger partial charge in [0.25, 0.3) is 0 Å². The number of thioether (sulfide) groups is 1. The average molecular weight is 314 g/mol. The molecule has 0 bridgehead atoms. The standard InChI is InChI=1S/C10H18N8S2/c1-13-18(14-2)17-10-16-8(6-20-10)5-19-4-3-9(12)15-7-11/h6,13-14H,3-5H2,1-2H3,(H2,12,15)(H,16,17). The van der Waals surface area contributed by atoms with Crippen LogP contribution in [-0.2, 0) is 5.75 Å². The van der Waals surface area contributed by atoms with Crippen molar-refractivity contribution in [3.05, 3.63) is 11.1 Å². The number of nitriles is 1. The minimum atomic E-state index is 0.374. The molecule has 0 aliphatic carbocycles. The Morgan fingerprint density at radius 2 is 2.35 bits per heavy atom. The first-order valence-corrected chi connectivity index (χ1v) is 7.87. The maximum absolute atomic E-state index is 8.33. The number of hydrazine groups is 3. The van der Waals surface area contributed by atoms with E-state index in [0.717, 1.165) is 22.3 Å². The third kappa shape index (κ3) is 6.18. The van der Waals surface area contributed by atoms with Crippen LogP contribution in [0.15, 0.2) is 10.4 Å². The lowest BCUT2D eigenvalue weighted by atomic mass is 10.4. The highest BCUT2D eigenvalue weighted by Gasteiger charge is 2.05. The van der Waals surface area contributed by atoms with Gasteiger partial charge in [0.05, 0.1) is 5.69 Å². The summed E-state index contributed by atoms with van der Waals surface area (Å²) in [6.45, 7) is 0. The lowest BCUT2D eigenvalue weighted by molar-refractivity contribution is 0.189. The molecule has 1 rings (SSSR count). The lowest BCUT2D eigenvalue weighted by Crippen LogP contribution is -2.48. The number of nitrogens with one attached hydrogen (secondary N) is 3. The van der Waals surface area contributed by atoms with Gasteiger partial charge in [0.1, 0.15) is 5.84 Å². The molecule has 8 nitrogen and oxygen atoms in total. The second-order valence-corrected chi connectivity index (χ2v) is 5.51. The number of amidine groups is 1. The summed E-state index contributed by atoms with van der Waals surface area (Å²) in [5.41, 5.74) is 15.4. The molecule has 1 aromatic heterocycles. The molecule has 110 valence electrons. The van der Waals surface area contributed by atoms with Crippen LogP contribution in [0.2, 0.25) is 0 Å². The zero-order valence-electron chi connectivity index (χ0n) is 11.4. The van der Waals surface area contributed by atoms with Crippen molar-refractivity contribution in [2.75, 3.05) is 25.3 Å². The van der Waals surface area contributed by atoms with Gasteiger partial charge < -0.3 is 5.73 Å². The van der Waals surface area contributed by atoms with Crippen molar-refractivity contribution in [1.82, 2.24) is 21.1 Å². The minimum Gasteiger partial charge on any atom is -0.386 e. The van der Waals surface area contributed by atoms with Crippen molar-refractivity contribution in [3.8, 4) is 6.19 Å². The zero-order valence-corrected chi connectivity index (χ0v) is 13.0. The van der Waals surface area contributed by atoms with Gasteiger partial charge in [-0.05, 0) is 0 Å². The van der Waals surface area contributed by atoms with Crippen LogP contribution >= 0.6 is 23.1 Å².